The summed E-state index contributed by atoms with van der Waals surface area (Å²) in [5.41, 5.74) is 0. The maximum absolute atomic E-state index is 10.8. The highest BCUT2D eigenvalue weighted by Gasteiger charge is 2.14. The van der Waals surface area contributed by atoms with Gasteiger partial charge in [-0.3, -0.25) is 4.79 Å². The van der Waals surface area contributed by atoms with Crippen LogP contribution in [0, 0.1) is 0 Å². The number of aliphatic hydroxyl groups is 1. The zero-order valence-corrected chi connectivity index (χ0v) is 8.05. The summed E-state index contributed by atoms with van der Waals surface area (Å²) in [7, 11) is 0. The molecule has 72 valence electrons. The van der Waals surface area contributed by atoms with E-state index in [-0.39, 0.29) is 12.5 Å². The van der Waals surface area contributed by atoms with Crippen molar-refractivity contribution in [2.24, 2.45) is 0 Å². The number of hydrogen-bond acceptors (Lipinski definition) is 2. The van der Waals surface area contributed by atoms with Gasteiger partial charge in [0.25, 0.3) is 0 Å². The SMILES string of the molecule is CC.O=C(CO)N1CCCCC1. The lowest BCUT2D eigenvalue weighted by Crippen LogP contribution is -2.37. The van der Waals surface area contributed by atoms with Gasteiger partial charge in [-0.25, -0.2) is 0 Å². The Hall–Kier alpha value is -0.570. The summed E-state index contributed by atoms with van der Waals surface area (Å²) in [5.74, 6) is -0.125. The molecule has 0 aliphatic carbocycles. The molecule has 1 aliphatic rings. The third kappa shape index (κ3) is 3.72. The fourth-order valence-corrected chi connectivity index (χ4v) is 1.24. The Morgan fingerprint density at radius 1 is 1.25 bits per heavy atom. The maximum atomic E-state index is 10.8. The second kappa shape index (κ2) is 7.10. The van der Waals surface area contributed by atoms with E-state index in [4.69, 9.17) is 5.11 Å². The number of carbonyl (C=O) groups is 1. The molecule has 0 radical (unpaired) electrons. The molecule has 1 fully saturated rings. The molecule has 3 heteroatoms. The smallest absolute Gasteiger partial charge is 0.248 e. The summed E-state index contributed by atoms with van der Waals surface area (Å²) >= 11 is 0. The Bertz CT molecular complexity index is 120. The lowest BCUT2D eigenvalue weighted by atomic mass is 10.1. The highest BCUT2D eigenvalue weighted by Crippen LogP contribution is 2.07. The van der Waals surface area contributed by atoms with Crippen molar-refractivity contribution in [3.63, 3.8) is 0 Å². The van der Waals surface area contributed by atoms with E-state index in [1.165, 1.54) is 6.42 Å². The van der Waals surface area contributed by atoms with Gasteiger partial charge in [0.1, 0.15) is 6.61 Å². The summed E-state index contributed by atoms with van der Waals surface area (Å²) in [6, 6.07) is 0. The third-order valence-corrected chi connectivity index (χ3v) is 1.84. The fraction of sp³-hybridized carbons (Fsp3) is 0.889. The van der Waals surface area contributed by atoms with E-state index in [0.29, 0.717) is 0 Å². The van der Waals surface area contributed by atoms with Crippen LogP contribution in [0.2, 0.25) is 0 Å². The van der Waals surface area contributed by atoms with Crippen molar-refractivity contribution in [2.45, 2.75) is 33.1 Å². The molecule has 0 saturated carbocycles. The molecule has 1 saturated heterocycles. The number of carbonyl (C=O) groups excluding carboxylic acids is 1. The van der Waals surface area contributed by atoms with Gasteiger partial charge in [-0.1, -0.05) is 13.8 Å². The Morgan fingerprint density at radius 2 is 1.75 bits per heavy atom. The summed E-state index contributed by atoms with van der Waals surface area (Å²) in [5, 5.41) is 8.50. The van der Waals surface area contributed by atoms with Crippen molar-refractivity contribution in [1.29, 1.82) is 0 Å². The van der Waals surface area contributed by atoms with E-state index in [0.717, 1.165) is 25.9 Å². The van der Waals surface area contributed by atoms with Crippen LogP contribution in [0.5, 0.6) is 0 Å². The summed E-state index contributed by atoms with van der Waals surface area (Å²) in [6.45, 7) is 5.33. The topological polar surface area (TPSA) is 40.5 Å². The monoisotopic (exact) mass is 173 g/mol. The van der Waals surface area contributed by atoms with E-state index in [1.54, 1.807) is 4.90 Å². The van der Waals surface area contributed by atoms with Crippen LogP contribution in [0.1, 0.15) is 33.1 Å². The van der Waals surface area contributed by atoms with Crippen molar-refractivity contribution in [3.8, 4) is 0 Å². The van der Waals surface area contributed by atoms with E-state index in [1.807, 2.05) is 13.8 Å². The number of likely N-dealkylation sites (tertiary alicyclic amines) is 1. The Balaban J connectivity index is 0.000000561. The number of rotatable bonds is 1. The average molecular weight is 173 g/mol. The van der Waals surface area contributed by atoms with Gasteiger partial charge >= 0.3 is 0 Å². The molecule has 1 rings (SSSR count). The van der Waals surface area contributed by atoms with Gasteiger partial charge in [0.05, 0.1) is 0 Å². The lowest BCUT2D eigenvalue weighted by molar-refractivity contribution is -0.135. The second-order valence-corrected chi connectivity index (χ2v) is 2.60. The number of hydrogen-bond donors (Lipinski definition) is 1. The normalized spacial score (nSPS) is 16.4. The number of piperidine rings is 1. The van der Waals surface area contributed by atoms with Crippen molar-refractivity contribution in [2.75, 3.05) is 19.7 Å². The minimum absolute atomic E-state index is 0.125. The summed E-state index contributed by atoms with van der Waals surface area (Å²) < 4.78 is 0. The molecule has 0 unspecified atom stereocenters. The Morgan fingerprint density at radius 3 is 2.17 bits per heavy atom. The molecule has 0 aromatic carbocycles. The lowest BCUT2D eigenvalue weighted by Gasteiger charge is -2.25. The number of amides is 1. The first-order valence-electron chi connectivity index (χ1n) is 4.73. The van der Waals surface area contributed by atoms with Crippen LogP contribution >= 0.6 is 0 Å². The van der Waals surface area contributed by atoms with Gasteiger partial charge in [-0.15, -0.1) is 0 Å². The average Bonchev–Trinajstić information content (AvgIpc) is 2.21. The molecule has 0 aromatic rings. The molecule has 0 bridgehead atoms. The van der Waals surface area contributed by atoms with Crippen LogP contribution in [0.3, 0.4) is 0 Å². The zero-order valence-electron chi connectivity index (χ0n) is 8.05. The van der Waals surface area contributed by atoms with E-state index >= 15 is 0 Å². The van der Waals surface area contributed by atoms with Gasteiger partial charge in [0, 0.05) is 13.1 Å². The van der Waals surface area contributed by atoms with Crippen molar-refractivity contribution >= 4 is 5.91 Å². The molecule has 1 heterocycles. The molecule has 1 aliphatic heterocycles. The first-order chi connectivity index (χ1) is 5.84. The van der Waals surface area contributed by atoms with Gasteiger partial charge in [-0.05, 0) is 19.3 Å². The predicted molar refractivity (Wildman–Crippen MR) is 48.9 cm³/mol. The molecular weight excluding hydrogens is 154 g/mol. The fourth-order valence-electron chi connectivity index (χ4n) is 1.24. The van der Waals surface area contributed by atoms with Crippen molar-refractivity contribution in [3.05, 3.63) is 0 Å². The maximum Gasteiger partial charge on any atom is 0.248 e. The standard InChI is InChI=1S/C7H13NO2.C2H6/c9-6-7(10)8-4-2-1-3-5-8;1-2/h9H,1-6H2;1-2H3. The van der Waals surface area contributed by atoms with Gasteiger partial charge < -0.3 is 10.0 Å². The third-order valence-electron chi connectivity index (χ3n) is 1.84. The van der Waals surface area contributed by atoms with Gasteiger partial charge in [0.15, 0.2) is 0 Å². The van der Waals surface area contributed by atoms with E-state index in [2.05, 4.69) is 0 Å². The molecule has 0 spiro atoms. The summed E-state index contributed by atoms with van der Waals surface area (Å²) in [4.78, 5) is 12.6. The zero-order chi connectivity index (χ0) is 9.40. The Kier molecular flexibility index (Phi) is 6.76. The van der Waals surface area contributed by atoms with Gasteiger partial charge in [0.2, 0.25) is 5.91 Å². The molecule has 0 aromatic heterocycles. The number of aliphatic hydroxyl groups excluding tert-OH is 1. The van der Waals surface area contributed by atoms with Crippen molar-refractivity contribution < 1.29 is 9.90 Å². The largest absolute Gasteiger partial charge is 0.387 e. The second-order valence-electron chi connectivity index (χ2n) is 2.60. The minimum Gasteiger partial charge on any atom is -0.387 e. The highest BCUT2D eigenvalue weighted by molar-refractivity contribution is 5.77. The van der Waals surface area contributed by atoms with Crippen LogP contribution in [0.15, 0.2) is 0 Å². The first-order valence-corrected chi connectivity index (χ1v) is 4.73. The van der Waals surface area contributed by atoms with E-state index in [9.17, 15) is 4.79 Å². The molecule has 1 N–H and O–H groups in total. The number of nitrogens with zero attached hydrogens (tertiary/aromatic N) is 1. The van der Waals surface area contributed by atoms with Crippen LogP contribution in [0.25, 0.3) is 0 Å². The predicted octanol–water partition coefficient (Wildman–Crippen LogP) is 1.02. The first kappa shape index (κ1) is 11.4. The van der Waals surface area contributed by atoms with Crippen LogP contribution in [0.4, 0.5) is 0 Å². The molecule has 1 amide bonds. The molecule has 0 atom stereocenters. The minimum atomic E-state index is -0.333. The van der Waals surface area contributed by atoms with Gasteiger partial charge in [-0.2, -0.15) is 0 Å². The quantitative estimate of drug-likeness (QED) is 0.643. The molecule has 3 nitrogen and oxygen atoms in total. The molecule has 12 heavy (non-hydrogen) atoms. The molecular formula is C9H19NO2. The Labute approximate surface area is 74.4 Å². The van der Waals surface area contributed by atoms with Crippen molar-refractivity contribution in [1.82, 2.24) is 4.90 Å². The van der Waals surface area contributed by atoms with Crippen LogP contribution < -0.4 is 0 Å². The summed E-state index contributed by atoms with van der Waals surface area (Å²) in [6.07, 6.45) is 3.40. The van der Waals surface area contributed by atoms with Crippen LogP contribution in [-0.2, 0) is 4.79 Å². The van der Waals surface area contributed by atoms with Crippen LogP contribution in [-0.4, -0.2) is 35.6 Å². The highest BCUT2D eigenvalue weighted by atomic mass is 16.3. The van der Waals surface area contributed by atoms with E-state index < -0.39 is 0 Å².